The number of aromatic hydroxyl groups is 1. The first-order valence-corrected chi connectivity index (χ1v) is 12.5. The summed E-state index contributed by atoms with van der Waals surface area (Å²) in [5.41, 5.74) is 5.63. The minimum Gasteiger partial charge on any atom is -0.505 e. The molecule has 37 heavy (non-hydrogen) atoms. The summed E-state index contributed by atoms with van der Waals surface area (Å²) >= 11 is 0. The standard InChI is InChI=1S/C32H29N3O2/c1-19-14-15-33-27(16-19)35-25-9-7-6-8-23(25)29-24(32(3,4)5)17-22(18-26(29)35)37-28-13-12-21-11-10-20(2)31(36)30(21)34-28/h6-18,36H,1-5H3. The zero-order chi connectivity index (χ0) is 25.9. The average molecular weight is 488 g/mol. The molecule has 0 unspecified atom stereocenters. The van der Waals surface area contributed by atoms with Gasteiger partial charge >= 0.3 is 0 Å². The molecule has 5 nitrogen and oxygen atoms in total. The smallest absolute Gasteiger partial charge is 0.219 e. The van der Waals surface area contributed by atoms with E-state index in [1.165, 1.54) is 16.3 Å². The molecule has 0 aliphatic heterocycles. The zero-order valence-electron chi connectivity index (χ0n) is 21.7. The first kappa shape index (κ1) is 23.0. The minimum atomic E-state index is -0.140. The van der Waals surface area contributed by atoms with Crippen molar-refractivity contribution in [2.45, 2.75) is 40.0 Å². The van der Waals surface area contributed by atoms with Crippen LogP contribution >= 0.6 is 0 Å². The van der Waals surface area contributed by atoms with Gasteiger partial charge in [0, 0.05) is 34.5 Å². The minimum absolute atomic E-state index is 0.140. The number of phenolic OH excluding ortho intramolecular Hbond substituents is 1. The molecule has 0 saturated heterocycles. The highest BCUT2D eigenvalue weighted by atomic mass is 16.5. The van der Waals surface area contributed by atoms with Crippen molar-refractivity contribution in [2.75, 3.05) is 0 Å². The molecule has 1 N–H and O–H groups in total. The van der Waals surface area contributed by atoms with Gasteiger partial charge in [-0.05, 0) is 66.3 Å². The van der Waals surface area contributed by atoms with Gasteiger partial charge in [0.25, 0.3) is 0 Å². The Morgan fingerprint density at radius 2 is 1.65 bits per heavy atom. The molecule has 5 heteroatoms. The van der Waals surface area contributed by atoms with Gasteiger partial charge in [0.05, 0.1) is 11.0 Å². The molecule has 6 rings (SSSR count). The number of aryl methyl sites for hydroxylation is 2. The molecule has 0 radical (unpaired) electrons. The molecule has 0 aliphatic rings. The Hall–Kier alpha value is -4.38. The number of hydrogen-bond acceptors (Lipinski definition) is 4. The van der Waals surface area contributed by atoms with Crippen molar-refractivity contribution in [1.82, 2.24) is 14.5 Å². The second-order valence-electron chi connectivity index (χ2n) is 10.7. The van der Waals surface area contributed by atoms with Gasteiger partial charge in [-0.2, -0.15) is 0 Å². The van der Waals surface area contributed by atoms with Crippen molar-refractivity contribution in [2.24, 2.45) is 0 Å². The first-order chi connectivity index (χ1) is 17.7. The lowest BCUT2D eigenvalue weighted by molar-refractivity contribution is 0.457. The normalized spacial score (nSPS) is 12.0. The van der Waals surface area contributed by atoms with E-state index < -0.39 is 0 Å². The Bertz CT molecular complexity index is 1830. The van der Waals surface area contributed by atoms with Crippen molar-refractivity contribution in [1.29, 1.82) is 0 Å². The monoisotopic (exact) mass is 487 g/mol. The summed E-state index contributed by atoms with van der Waals surface area (Å²) in [6.07, 6.45) is 1.85. The number of rotatable bonds is 3. The quantitative estimate of drug-likeness (QED) is 0.274. The lowest BCUT2D eigenvalue weighted by atomic mass is 9.84. The summed E-state index contributed by atoms with van der Waals surface area (Å²) < 4.78 is 8.59. The molecule has 3 aromatic heterocycles. The van der Waals surface area contributed by atoms with Crippen LogP contribution in [0.4, 0.5) is 0 Å². The summed E-state index contributed by atoms with van der Waals surface area (Å²) in [5.74, 6) is 2.17. The average Bonchev–Trinajstić information content (AvgIpc) is 3.19. The second-order valence-corrected chi connectivity index (χ2v) is 10.7. The van der Waals surface area contributed by atoms with Crippen molar-refractivity contribution >= 4 is 32.7 Å². The fraction of sp³-hybridized carbons (Fsp3) is 0.188. The highest BCUT2D eigenvalue weighted by molar-refractivity contribution is 6.11. The Kier molecular flexibility index (Phi) is 5.19. The lowest BCUT2D eigenvalue weighted by Crippen LogP contribution is -2.12. The SMILES string of the molecule is Cc1ccnc(-n2c3ccccc3c3c(C(C)(C)C)cc(Oc4ccc5ccc(C)c(O)c5n4)cc32)c1. The Balaban J connectivity index is 1.62. The molecule has 0 atom stereocenters. The number of ether oxygens (including phenoxy) is 1. The first-order valence-electron chi connectivity index (χ1n) is 12.5. The van der Waals surface area contributed by atoms with E-state index in [9.17, 15) is 5.11 Å². The predicted octanol–water partition coefficient (Wildman–Crippen LogP) is 8.14. The van der Waals surface area contributed by atoms with Gasteiger partial charge in [0.1, 0.15) is 22.8 Å². The topological polar surface area (TPSA) is 60.2 Å². The number of phenols is 1. The maximum absolute atomic E-state index is 10.6. The molecule has 0 spiro atoms. The molecular weight excluding hydrogens is 458 g/mol. The molecule has 6 aromatic rings. The van der Waals surface area contributed by atoms with Gasteiger partial charge < -0.3 is 9.84 Å². The molecule has 0 aliphatic carbocycles. The van der Waals surface area contributed by atoms with E-state index in [0.29, 0.717) is 17.1 Å². The van der Waals surface area contributed by atoms with Gasteiger partial charge in [-0.1, -0.05) is 51.1 Å². The van der Waals surface area contributed by atoms with E-state index in [1.807, 2.05) is 43.5 Å². The number of aromatic nitrogens is 3. The van der Waals surface area contributed by atoms with E-state index in [-0.39, 0.29) is 11.2 Å². The van der Waals surface area contributed by atoms with Crippen LogP contribution in [0.2, 0.25) is 0 Å². The van der Waals surface area contributed by atoms with Crippen LogP contribution < -0.4 is 4.74 Å². The molecule has 184 valence electrons. The number of pyridine rings is 2. The van der Waals surface area contributed by atoms with Crippen molar-refractivity contribution in [3.8, 4) is 23.2 Å². The third kappa shape index (κ3) is 3.87. The number of nitrogens with zero attached hydrogens (tertiary/aromatic N) is 3. The lowest BCUT2D eigenvalue weighted by Gasteiger charge is -2.22. The van der Waals surface area contributed by atoms with Crippen LogP contribution in [0.3, 0.4) is 0 Å². The highest BCUT2D eigenvalue weighted by Gasteiger charge is 2.24. The molecule has 3 heterocycles. The van der Waals surface area contributed by atoms with Crippen LogP contribution in [0.5, 0.6) is 17.4 Å². The van der Waals surface area contributed by atoms with Crippen LogP contribution in [0, 0.1) is 13.8 Å². The van der Waals surface area contributed by atoms with E-state index in [4.69, 9.17) is 9.72 Å². The second kappa shape index (κ2) is 8.34. The van der Waals surface area contributed by atoms with E-state index in [2.05, 4.69) is 79.7 Å². The fourth-order valence-electron chi connectivity index (χ4n) is 5.04. The molecule has 0 fully saturated rings. The predicted molar refractivity (Wildman–Crippen MR) is 150 cm³/mol. The van der Waals surface area contributed by atoms with Crippen LogP contribution in [-0.4, -0.2) is 19.6 Å². The van der Waals surface area contributed by atoms with E-state index in [1.54, 1.807) is 0 Å². The van der Waals surface area contributed by atoms with Gasteiger partial charge in [-0.25, -0.2) is 9.97 Å². The van der Waals surface area contributed by atoms with Crippen LogP contribution in [-0.2, 0) is 5.41 Å². The number of para-hydroxylation sites is 1. The summed E-state index contributed by atoms with van der Waals surface area (Å²) in [5, 5.41) is 13.8. The highest BCUT2D eigenvalue weighted by Crippen LogP contribution is 2.42. The summed E-state index contributed by atoms with van der Waals surface area (Å²) in [4.78, 5) is 9.37. The van der Waals surface area contributed by atoms with Crippen molar-refractivity contribution in [3.05, 3.63) is 95.7 Å². The van der Waals surface area contributed by atoms with E-state index >= 15 is 0 Å². The number of hydrogen-bond donors (Lipinski definition) is 1. The third-order valence-corrected chi connectivity index (χ3v) is 6.92. The summed E-state index contributed by atoms with van der Waals surface area (Å²) in [6.45, 7) is 10.6. The van der Waals surface area contributed by atoms with Gasteiger partial charge in [0.15, 0.2) is 0 Å². The number of benzene rings is 3. The van der Waals surface area contributed by atoms with Crippen molar-refractivity contribution < 1.29 is 9.84 Å². The Labute approximate surface area is 216 Å². The van der Waals surface area contributed by atoms with Crippen LogP contribution in [0.25, 0.3) is 38.5 Å². The molecule has 3 aromatic carbocycles. The zero-order valence-corrected chi connectivity index (χ0v) is 21.7. The maximum atomic E-state index is 10.6. The van der Waals surface area contributed by atoms with Gasteiger partial charge in [-0.15, -0.1) is 0 Å². The number of fused-ring (bicyclic) bond motifs is 4. The van der Waals surface area contributed by atoms with Gasteiger partial charge in [0.2, 0.25) is 5.88 Å². The molecule has 0 saturated carbocycles. The molecular formula is C32H29N3O2. The van der Waals surface area contributed by atoms with Crippen molar-refractivity contribution in [3.63, 3.8) is 0 Å². The molecule has 0 amide bonds. The Morgan fingerprint density at radius 3 is 2.43 bits per heavy atom. The molecule has 0 bridgehead atoms. The summed E-state index contributed by atoms with van der Waals surface area (Å²) in [6, 6.07) is 24.4. The van der Waals surface area contributed by atoms with Crippen LogP contribution in [0.1, 0.15) is 37.5 Å². The largest absolute Gasteiger partial charge is 0.505 e. The Morgan fingerprint density at radius 1 is 0.865 bits per heavy atom. The maximum Gasteiger partial charge on any atom is 0.219 e. The third-order valence-electron chi connectivity index (χ3n) is 6.92. The van der Waals surface area contributed by atoms with E-state index in [0.717, 1.165) is 33.4 Å². The fourth-order valence-corrected chi connectivity index (χ4v) is 5.04. The van der Waals surface area contributed by atoms with Crippen LogP contribution in [0.15, 0.2) is 79.0 Å². The van der Waals surface area contributed by atoms with Gasteiger partial charge in [-0.3, -0.25) is 4.57 Å². The summed E-state index contributed by atoms with van der Waals surface area (Å²) in [7, 11) is 0.